The molecule has 6 heteroatoms. The van der Waals surface area contributed by atoms with Gasteiger partial charge in [0.2, 0.25) is 0 Å². The highest BCUT2D eigenvalue weighted by molar-refractivity contribution is 5.88. The Morgan fingerprint density at radius 1 is 1.38 bits per heavy atom. The molecule has 0 saturated heterocycles. The Morgan fingerprint density at radius 2 is 2.31 bits per heavy atom. The number of aryl methyl sites for hydroxylation is 1. The van der Waals surface area contributed by atoms with Crippen LogP contribution in [0.5, 0.6) is 0 Å². The number of nitrogens with one attached hydrogen (secondary N) is 2. The summed E-state index contributed by atoms with van der Waals surface area (Å²) >= 11 is 0. The van der Waals surface area contributed by atoms with Crippen molar-refractivity contribution in [1.82, 2.24) is 24.7 Å². The molecule has 0 amide bonds. The summed E-state index contributed by atoms with van der Waals surface area (Å²) in [6.07, 6.45) is 7.01. The summed E-state index contributed by atoms with van der Waals surface area (Å²) in [6, 6.07) is 1.94. The average Bonchev–Trinajstić information content (AvgIpc) is 2.87. The van der Waals surface area contributed by atoms with Gasteiger partial charge in [-0.25, -0.2) is 9.97 Å². The van der Waals surface area contributed by atoms with Gasteiger partial charge in [0.25, 0.3) is 0 Å². The van der Waals surface area contributed by atoms with Gasteiger partial charge in [-0.05, 0) is 6.07 Å². The second-order valence-electron chi connectivity index (χ2n) is 3.49. The Balaban J connectivity index is 2.03. The fraction of sp³-hybridized carbons (Fsp3) is 0.100. The molecule has 0 aliphatic heterocycles. The second kappa shape index (κ2) is 3.34. The third-order valence-electron chi connectivity index (χ3n) is 2.32. The molecule has 3 rings (SSSR count). The lowest BCUT2D eigenvalue weighted by Gasteiger charge is -2.02. The second-order valence-corrected chi connectivity index (χ2v) is 3.49. The van der Waals surface area contributed by atoms with Crippen LogP contribution in [-0.2, 0) is 7.05 Å². The van der Waals surface area contributed by atoms with Gasteiger partial charge in [-0.15, -0.1) is 0 Å². The first kappa shape index (κ1) is 8.90. The highest BCUT2D eigenvalue weighted by atomic mass is 15.3. The summed E-state index contributed by atoms with van der Waals surface area (Å²) in [7, 11) is 1.87. The van der Waals surface area contributed by atoms with Crippen LogP contribution in [0.25, 0.3) is 11.0 Å². The van der Waals surface area contributed by atoms with E-state index in [1.54, 1.807) is 10.9 Å². The average molecular weight is 214 g/mol. The van der Waals surface area contributed by atoms with Crippen molar-refractivity contribution in [1.29, 1.82) is 0 Å². The van der Waals surface area contributed by atoms with E-state index < -0.39 is 0 Å². The number of aromatic nitrogens is 5. The maximum atomic E-state index is 4.20. The number of nitrogens with zero attached hydrogens (tertiary/aromatic N) is 4. The summed E-state index contributed by atoms with van der Waals surface area (Å²) in [5.74, 6) is 0.777. The SMILES string of the molecule is Cn1cc(Nc2ncnc3[nH]ccc23)cn1. The van der Waals surface area contributed by atoms with Gasteiger partial charge in [0.15, 0.2) is 0 Å². The first-order valence-electron chi connectivity index (χ1n) is 4.87. The lowest BCUT2D eigenvalue weighted by Crippen LogP contribution is -1.94. The third kappa shape index (κ3) is 1.40. The zero-order valence-corrected chi connectivity index (χ0v) is 8.68. The molecule has 0 atom stereocenters. The van der Waals surface area contributed by atoms with E-state index in [4.69, 9.17) is 0 Å². The van der Waals surface area contributed by atoms with Crippen LogP contribution in [0.1, 0.15) is 0 Å². The number of H-pyrrole nitrogens is 1. The molecule has 0 fully saturated rings. The number of rotatable bonds is 2. The molecular weight excluding hydrogens is 204 g/mol. The highest BCUT2D eigenvalue weighted by Gasteiger charge is 2.05. The molecule has 0 saturated carbocycles. The molecule has 0 aromatic carbocycles. The van der Waals surface area contributed by atoms with Crippen LogP contribution < -0.4 is 5.32 Å². The van der Waals surface area contributed by atoms with Crippen LogP contribution in [0.4, 0.5) is 11.5 Å². The summed E-state index contributed by atoms with van der Waals surface area (Å²) < 4.78 is 1.73. The van der Waals surface area contributed by atoms with Gasteiger partial charge in [-0.1, -0.05) is 0 Å². The monoisotopic (exact) mass is 214 g/mol. The fourth-order valence-electron chi connectivity index (χ4n) is 1.59. The summed E-state index contributed by atoms with van der Waals surface area (Å²) in [5.41, 5.74) is 1.73. The third-order valence-corrected chi connectivity index (χ3v) is 2.32. The van der Waals surface area contributed by atoms with Crippen LogP contribution >= 0.6 is 0 Å². The van der Waals surface area contributed by atoms with Gasteiger partial charge in [-0.2, -0.15) is 5.10 Å². The van der Waals surface area contributed by atoms with E-state index in [2.05, 4.69) is 25.4 Å². The number of anilines is 2. The van der Waals surface area contributed by atoms with Crippen LogP contribution in [0.3, 0.4) is 0 Å². The molecule has 0 aliphatic carbocycles. The molecule has 3 aromatic heterocycles. The van der Waals surface area contributed by atoms with Gasteiger partial charge in [-0.3, -0.25) is 4.68 Å². The van der Waals surface area contributed by atoms with E-state index in [1.165, 1.54) is 6.33 Å². The minimum atomic E-state index is 0.777. The largest absolute Gasteiger partial charge is 0.346 e. The van der Waals surface area contributed by atoms with Crippen molar-refractivity contribution in [2.45, 2.75) is 0 Å². The molecular formula is C10H10N6. The van der Waals surface area contributed by atoms with E-state index in [0.29, 0.717) is 0 Å². The zero-order chi connectivity index (χ0) is 11.0. The van der Waals surface area contributed by atoms with Crippen LogP contribution in [0.2, 0.25) is 0 Å². The summed E-state index contributed by atoms with van der Waals surface area (Å²) in [5, 5.41) is 8.25. The molecule has 16 heavy (non-hydrogen) atoms. The Labute approximate surface area is 91.3 Å². The van der Waals surface area contributed by atoms with Crippen molar-refractivity contribution in [3.63, 3.8) is 0 Å². The molecule has 0 radical (unpaired) electrons. The van der Waals surface area contributed by atoms with Crippen LogP contribution in [0.15, 0.2) is 31.0 Å². The standard InChI is InChI=1S/C10H10N6/c1-16-5-7(4-14-16)15-10-8-2-3-11-9(8)12-6-13-10/h2-6H,1H3,(H2,11,12,13,15). The Hall–Kier alpha value is -2.37. The topological polar surface area (TPSA) is 71.4 Å². The van der Waals surface area contributed by atoms with Crippen molar-refractivity contribution >= 4 is 22.5 Å². The first-order valence-corrected chi connectivity index (χ1v) is 4.87. The molecule has 0 bridgehead atoms. The van der Waals surface area contributed by atoms with E-state index >= 15 is 0 Å². The molecule has 0 spiro atoms. The summed E-state index contributed by atoms with van der Waals surface area (Å²) in [6.45, 7) is 0. The number of hydrogen-bond donors (Lipinski definition) is 2. The Bertz CT molecular complexity index is 623. The summed E-state index contributed by atoms with van der Waals surface area (Å²) in [4.78, 5) is 11.4. The maximum absolute atomic E-state index is 4.20. The lowest BCUT2D eigenvalue weighted by atomic mass is 10.3. The van der Waals surface area contributed by atoms with Crippen molar-refractivity contribution < 1.29 is 0 Å². The molecule has 6 nitrogen and oxygen atoms in total. The highest BCUT2D eigenvalue weighted by Crippen LogP contribution is 2.21. The molecule has 3 heterocycles. The van der Waals surface area contributed by atoms with E-state index in [0.717, 1.165) is 22.5 Å². The fourth-order valence-corrected chi connectivity index (χ4v) is 1.59. The lowest BCUT2D eigenvalue weighted by molar-refractivity contribution is 0.768. The van der Waals surface area contributed by atoms with Crippen molar-refractivity contribution in [2.24, 2.45) is 7.05 Å². The number of hydrogen-bond acceptors (Lipinski definition) is 4. The van der Waals surface area contributed by atoms with Crippen molar-refractivity contribution in [2.75, 3.05) is 5.32 Å². The van der Waals surface area contributed by atoms with Gasteiger partial charge < -0.3 is 10.3 Å². The minimum Gasteiger partial charge on any atom is -0.346 e. The smallest absolute Gasteiger partial charge is 0.143 e. The quantitative estimate of drug-likeness (QED) is 0.677. The van der Waals surface area contributed by atoms with Gasteiger partial charge >= 0.3 is 0 Å². The molecule has 0 aliphatic rings. The van der Waals surface area contributed by atoms with Gasteiger partial charge in [0, 0.05) is 19.4 Å². The number of aromatic amines is 1. The predicted octanol–water partition coefficient (Wildman–Crippen LogP) is 1.43. The predicted molar refractivity (Wildman–Crippen MR) is 60.4 cm³/mol. The normalized spacial score (nSPS) is 10.8. The molecule has 0 unspecified atom stereocenters. The van der Waals surface area contributed by atoms with Gasteiger partial charge in [0.1, 0.15) is 17.8 Å². The van der Waals surface area contributed by atoms with Crippen molar-refractivity contribution in [3.8, 4) is 0 Å². The van der Waals surface area contributed by atoms with E-state index in [1.807, 2.05) is 25.5 Å². The maximum Gasteiger partial charge on any atom is 0.143 e. The zero-order valence-electron chi connectivity index (χ0n) is 8.68. The molecule has 3 aromatic rings. The van der Waals surface area contributed by atoms with E-state index in [9.17, 15) is 0 Å². The molecule has 80 valence electrons. The van der Waals surface area contributed by atoms with Crippen molar-refractivity contribution in [3.05, 3.63) is 31.0 Å². The van der Waals surface area contributed by atoms with E-state index in [-0.39, 0.29) is 0 Å². The minimum absolute atomic E-state index is 0.777. The first-order chi connectivity index (χ1) is 7.83. The Morgan fingerprint density at radius 3 is 3.12 bits per heavy atom. The van der Waals surface area contributed by atoms with Crippen LogP contribution in [-0.4, -0.2) is 24.7 Å². The van der Waals surface area contributed by atoms with Gasteiger partial charge in [0.05, 0.1) is 17.3 Å². The van der Waals surface area contributed by atoms with Crippen LogP contribution in [0, 0.1) is 0 Å². The number of fused-ring (bicyclic) bond motifs is 1. The molecule has 2 N–H and O–H groups in total. The Kier molecular flexibility index (Phi) is 1.86.